The van der Waals surface area contributed by atoms with E-state index in [0.29, 0.717) is 4.90 Å². The van der Waals surface area contributed by atoms with E-state index in [2.05, 4.69) is 0 Å². The Kier molecular flexibility index (Phi) is 2.82. The van der Waals surface area contributed by atoms with Crippen molar-refractivity contribution in [3.05, 3.63) is 30.3 Å². The largest absolute Gasteiger partial charge is 0.253 e. The lowest BCUT2D eigenvalue weighted by Gasteiger charge is -1.93. The molecule has 56 valence electrons. The molecule has 3 heteroatoms. The van der Waals surface area contributed by atoms with Gasteiger partial charge in [0.1, 0.15) is 5.75 Å². The Bertz CT molecular complexity index is 289. The summed E-state index contributed by atoms with van der Waals surface area (Å²) < 4.78 is 11.1. The quantitative estimate of drug-likeness (QED) is 0.663. The van der Waals surface area contributed by atoms with Crippen LogP contribution in [0.3, 0.4) is 0 Å². The molecule has 0 aromatic heterocycles. The lowest BCUT2D eigenvalue weighted by molar-refractivity contribution is 0.685. The van der Waals surface area contributed by atoms with Crippen molar-refractivity contribution in [2.45, 2.75) is 4.90 Å². The predicted molar refractivity (Wildman–Crippen MR) is 43.3 cm³/mol. The second-order valence-electron chi connectivity index (χ2n) is 1.96. The number of nitriles is 1. The van der Waals surface area contributed by atoms with E-state index in [4.69, 9.17) is 5.26 Å². The summed E-state index contributed by atoms with van der Waals surface area (Å²) in [4.78, 5) is 0.717. The summed E-state index contributed by atoms with van der Waals surface area (Å²) in [6.07, 6.45) is 0. The second-order valence-corrected chi connectivity index (χ2v) is 3.41. The van der Waals surface area contributed by atoms with Crippen molar-refractivity contribution in [3.63, 3.8) is 0 Å². The summed E-state index contributed by atoms with van der Waals surface area (Å²) in [5.74, 6) is 0.0734. The number of nitrogens with zero attached hydrogens (tertiary/aromatic N) is 1. The zero-order valence-corrected chi connectivity index (χ0v) is 6.67. The highest BCUT2D eigenvalue weighted by Gasteiger charge is 1.99. The summed E-state index contributed by atoms with van der Waals surface area (Å²) in [6, 6.07) is 10.9. The summed E-state index contributed by atoms with van der Waals surface area (Å²) in [5, 5.41) is 8.25. The van der Waals surface area contributed by atoms with Crippen LogP contribution in [0.25, 0.3) is 0 Å². The Morgan fingerprint density at radius 2 is 2.00 bits per heavy atom. The van der Waals surface area contributed by atoms with Crippen LogP contribution in [-0.4, -0.2) is 9.96 Å². The molecular formula is C8H7NOS. The Labute approximate surface area is 67.9 Å². The molecule has 2 nitrogen and oxygen atoms in total. The van der Waals surface area contributed by atoms with E-state index >= 15 is 0 Å². The van der Waals surface area contributed by atoms with E-state index in [1.807, 2.05) is 24.3 Å². The molecule has 0 unspecified atom stereocenters. The van der Waals surface area contributed by atoms with E-state index in [-0.39, 0.29) is 5.75 Å². The Morgan fingerprint density at radius 1 is 1.36 bits per heavy atom. The zero-order chi connectivity index (χ0) is 8.10. The molecule has 1 rings (SSSR count). The van der Waals surface area contributed by atoms with Gasteiger partial charge in [0.15, 0.2) is 0 Å². The van der Waals surface area contributed by atoms with E-state index in [0.717, 1.165) is 0 Å². The van der Waals surface area contributed by atoms with Crippen molar-refractivity contribution in [3.8, 4) is 6.07 Å². The van der Waals surface area contributed by atoms with Crippen LogP contribution in [0.1, 0.15) is 0 Å². The minimum absolute atomic E-state index is 0.0734. The molecule has 0 bridgehead atoms. The monoisotopic (exact) mass is 165 g/mol. The first-order valence-electron chi connectivity index (χ1n) is 3.15. The van der Waals surface area contributed by atoms with Gasteiger partial charge in [0.2, 0.25) is 0 Å². The standard InChI is InChI=1S/C8H7NOS/c9-6-7-11(10)8-4-2-1-3-5-8/h1-5H,7H2/t11-/m1/s1. The lowest BCUT2D eigenvalue weighted by atomic mass is 10.4. The first-order valence-corrected chi connectivity index (χ1v) is 4.47. The third-order valence-electron chi connectivity index (χ3n) is 1.20. The number of hydrogen-bond acceptors (Lipinski definition) is 2. The predicted octanol–water partition coefficient (Wildman–Crippen LogP) is 1.32. The van der Waals surface area contributed by atoms with Gasteiger partial charge >= 0.3 is 0 Å². The van der Waals surface area contributed by atoms with E-state index in [9.17, 15) is 4.21 Å². The van der Waals surface area contributed by atoms with Crippen molar-refractivity contribution in [2.75, 3.05) is 5.75 Å². The van der Waals surface area contributed by atoms with E-state index in [1.165, 1.54) is 0 Å². The van der Waals surface area contributed by atoms with Crippen LogP contribution in [0, 0.1) is 11.3 Å². The van der Waals surface area contributed by atoms with Gasteiger partial charge in [-0.2, -0.15) is 5.26 Å². The number of benzene rings is 1. The second kappa shape index (κ2) is 3.89. The Hall–Kier alpha value is -1.14. The van der Waals surface area contributed by atoms with Crippen LogP contribution in [-0.2, 0) is 10.8 Å². The van der Waals surface area contributed by atoms with Crippen molar-refractivity contribution >= 4 is 10.8 Å². The normalized spacial score (nSPS) is 11.9. The van der Waals surface area contributed by atoms with E-state index < -0.39 is 10.8 Å². The van der Waals surface area contributed by atoms with Gasteiger partial charge in [0.05, 0.1) is 16.9 Å². The maximum absolute atomic E-state index is 11.1. The molecule has 0 amide bonds. The van der Waals surface area contributed by atoms with Crippen molar-refractivity contribution in [1.29, 1.82) is 5.26 Å². The topological polar surface area (TPSA) is 40.9 Å². The lowest BCUT2D eigenvalue weighted by Crippen LogP contribution is -1.93. The van der Waals surface area contributed by atoms with Crippen molar-refractivity contribution < 1.29 is 4.21 Å². The number of hydrogen-bond donors (Lipinski definition) is 0. The molecule has 0 saturated carbocycles. The molecule has 1 aromatic carbocycles. The van der Waals surface area contributed by atoms with Crippen LogP contribution in [0.15, 0.2) is 35.2 Å². The zero-order valence-electron chi connectivity index (χ0n) is 5.86. The molecule has 0 fully saturated rings. The van der Waals surface area contributed by atoms with Crippen molar-refractivity contribution in [1.82, 2.24) is 0 Å². The minimum atomic E-state index is -1.14. The highest BCUT2D eigenvalue weighted by molar-refractivity contribution is 7.85. The third-order valence-corrected chi connectivity index (χ3v) is 2.39. The summed E-state index contributed by atoms with van der Waals surface area (Å²) in [5.41, 5.74) is 0. The molecule has 0 radical (unpaired) electrons. The molecule has 0 N–H and O–H groups in total. The summed E-state index contributed by atoms with van der Waals surface area (Å²) in [7, 11) is -1.14. The molecule has 11 heavy (non-hydrogen) atoms. The average Bonchev–Trinajstić information content (AvgIpc) is 2.07. The van der Waals surface area contributed by atoms with Crippen LogP contribution < -0.4 is 0 Å². The highest BCUT2D eigenvalue weighted by Crippen LogP contribution is 2.04. The first-order chi connectivity index (χ1) is 5.34. The van der Waals surface area contributed by atoms with Crippen LogP contribution >= 0.6 is 0 Å². The fourth-order valence-corrected chi connectivity index (χ4v) is 1.46. The fraction of sp³-hybridized carbons (Fsp3) is 0.125. The van der Waals surface area contributed by atoms with Gasteiger partial charge in [0.25, 0.3) is 0 Å². The molecule has 1 aromatic rings. The highest BCUT2D eigenvalue weighted by atomic mass is 32.2. The average molecular weight is 165 g/mol. The van der Waals surface area contributed by atoms with Gasteiger partial charge < -0.3 is 0 Å². The first kappa shape index (κ1) is 7.96. The van der Waals surface area contributed by atoms with Gasteiger partial charge in [-0.3, -0.25) is 4.21 Å². The maximum atomic E-state index is 11.1. The van der Waals surface area contributed by atoms with Gasteiger partial charge in [-0.05, 0) is 12.1 Å². The van der Waals surface area contributed by atoms with Gasteiger partial charge in [-0.15, -0.1) is 0 Å². The molecule has 0 aliphatic carbocycles. The number of rotatable bonds is 2. The molecule has 0 saturated heterocycles. The third kappa shape index (κ3) is 2.17. The molecule has 1 atom stereocenters. The Morgan fingerprint density at radius 3 is 2.55 bits per heavy atom. The van der Waals surface area contributed by atoms with Crippen LogP contribution in [0.5, 0.6) is 0 Å². The van der Waals surface area contributed by atoms with Gasteiger partial charge in [-0.1, -0.05) is 18.2 Å². The molecule has 0 spiro atoms. The van der Waals surface area contributed by atoms with E-state index in [1.54, 1.807) is 12.1 Å². The molecule has 0 aliphatic rings. The molecule has 0 aliphatic heterocycles. The van der Waals surface area contributed by atoms with Gasteiger partial charge in [0, 0.05) is 4.90 Å². The smallest absolute Gasteiger partial charge is 0.115 e. The molecular weight excluding hydrogens is 158 g/mol. The summed E-state index contributed by atoms with van der Waals surface area (Å²) in [6.45, 7) is 0. The molecule has 0 heterocycles. The maximum Gasteiger partial charge on any atom is 0.115 e. The van der Waals surface area contributed by atoms with Crippen molar-refractivity contribution in [2.24, 2.45) is 0 Å². The van der Waals surface area contributed by atoms with Gasteiger partial charge in [-0.25, -0.2) is 0 Å². The minimum Gasteiger partial charge on any atom is -0.253 e. The Balaban J connectivity index is 2.79. The fourth-order valence-electron chi connectivity index (χ4n) is 0.714. The SMILES string of the molecule is N#CC[S@@](=O)c1ccccc1. The summed E-state index contributed by atoms with van der Waals surface area (Å²) >= 11 is 0. The van der Waals surface area contributed by atoms with Crippen LogP contribution in [0.2, 0.25) is 0 Å². The van der Waals surface area contributed by atoms with Crippen LogP contribution in [0.4, 0.5) is 0 Å².